The predicted octanol–water partition coefficient (Wildman–Crippen LogP) is 3.32. The lowest BCUT2D eigenvalue weighted by atomic mass is 10.0. The van der Waals surface area contributed by atoms with E-state index in [2.05, 4.69) is 37.9 Å². The lowest BCUT2D eigenvalue weighted by Gasteiger charge is -2.18. The Bertz CT molecular complexity index is 678. The summed E-state index contributed by atoms with van der Waals surface area (Å²) < 4.78 is 9.44. The van der Waals surface area contributed by atoms with Crippen LogP contribution in [0.4, 0.5) is 5.13 Å². The fourth-order valence-corrected chi connectivity index (χ4v) is 2.92. The van der Waals surface area contributed by atoms with Gasteiger partial charge in [0, 0.05) is 37.5 Å². The second-order valence-electron chi connectivity index (χ2n) is 5.03. The van der Waals surface area contributed by atoms with Gasteiger partial charge < -0.3 is 10.1 Å². The number of anilines is 1. The highest BCUT2D eigenvalue weighted by atomic mass is 32.1. The van der Waals surface area contributed by atoms with E-state index in [0.717, 1.165) is 28.5 Å². The molecule has 3 aromatic rings. The molecule has 118 valence electrons. The van der Waals surface area contributed by atoms with Gasteiger partial charge in [-0.1, -0.05) is 36.4 Å². The lowest BCUT2D eigenvalue weighted by Crippen LogP contribution is -2.12. The molecule has 0 amide bonds. The van der Waals surface area contributed by atoms with Crippen LogP contribution in [0.15, 0.2) is 54.9 Å². The van der Waals surface area contributed by atoms with Crippen LogP contribution in [0.5, 0.6) is 0 Å². The van der Waals surface area contributed by atoms with Crippen LogP contribution >= 0.6 is 11.5 Å². The van der Waals surface area contributed by atoms with Crippen molar-refractivity contribution in [3.8, 4) is 0 Å². The molecule has 0 aliphatic heterocycles. The Morgan fingerprint density at radius 1 is 1.13 bits per heavy atom. The third kappa shape index (κ3) is 4.12. The second kappa shape index (κ2) is 7.80. The monoisotopic (exact) mass is 326 g/mol. The Morgan fingerprint density at radius 2 is 1.96 bits per heavy atom. The van der Waals surface area contributed by atoms with E-state index in [-0.39, 0.29) is 6.04 Å². The van der Waals surface area contributed by atoms with Gasteiger partial charge in [-0.3, -0.25) is 4.98 Å². The fourth-order valence-electron chi connectivity index (χ4n) is 2.28. The number of ether oxygens (including phenoxy) is 1. The molecule has 1 atom stereocenters. The number of nitrogens with one attached hydrogen (secondary N) is 1. The van der Waals surface area contributed by atoms with Crippen molar-refractivity contribution in [3.05, 3.63) is 71.8 Å². The van der Waals surface area contributed by atoms with Crippen molar-refractivity contribution in [2.75, 3.05) is 19.0 Å². The maximum Gasteiger partial charge on any atom is 0.203 e. The molecule has 23 heavy (non-hydrogen) atoms. The van der Waals surface area contributed by atoms with Crippen molar-refractivity contribution in [3.63, 3.8) is 0 Å². The number of methoxy groups -OCH3 is 1. The van der Waals surface area contributed by atoms with Crippen LogP contribution in [-0.4, -0.2) is 28.1 Å². The minimum atomic E-state index is -0.00637. The van der Waals surface area contributed by atoms with Crippen molar-refractivity contribution in [2.24, 2.45) is 0 Å². The molecule has 0 saturated heterocycles. The van der Waals surface area contributed by atoms with Crippen LogP contribution in [0.1, 0.15) is 23.0 Å². The van der Waals surface area contributed by atoms with E-state index < -0.39 is 0 Å². The molecule has 0 spiro atoms. The highest BCUT2D eigenvalue weighted by molar-refractivity contribution is 7.09. The summed E-state index contributed by atoms with van der Waals surface area (Å²) in [6.45, 7) is 0.626. The molecule has 2 aromatic heterocycles. The molecule has 6 heteroatoms. The van der Waals surface area contributed by atoms with E-state index in [1.54, 1.807) is 13.3 Å². The molecule has 2 heterocycles. The largest absolute Gasteiger partial charge is 0.384 e. The zero-order valence-corrected chi connectivity index (χ0v) is 13.7. The number of nitrogens with zero attached hydrogens (tertiary/aromatic N) is 3. The van der Waals surface area contributed by atoms with E-state index in [1.807, 2.05) is 30.5 Å². The van der Waals surface area contributed by atoms with Gasteiger partial charge in [-0.15, -0.1) is 0 Å². The molecule has 0 fully saturated rings. The molecule has 0 saturated carbocycles. The summed E-state index contributed by atoms with van der Waals surface area (Å²) in [7, 11) is 1.68. The Balaban J connectivity index is 1.83. The summed E-state index contributed by atoms with van der Waals surface area (Å²) >= 11 is 1.37. The topological polar surface area (TPSA) is 59.9 Å². The molecular weight excluding hydrogens is 308 g/mol. The summed E-state index contributed by atoms with van der Waals surface area (Å²) in [5, 5.41) is 4.27. The van der Waals surface area contributed by atoms with Crippen molar-refractivity contribution in [1.82, 2.24) is 14.3 Å². The number of pyridine rings is 1. The van der Waals surface area contributed by atoms with Crippen LogP contribution in [0.2, 0.25) is 0 Å². The lowest BCUT2D eigenvalue weighted by molar-refractivity contribution is 0.201. The smallest absolute Gasteiger partial charge is 0.203 e. The first-order valence-electron chi connectivity index (χ1n) is 7.40. The van der Waals surface area contributed by atoms with Crippen LogP contribution in [0.25, 0.3) is 0 Å². The normalized spacial score (nSPS) is 12.0. The minimum absolute atomic E-state index is 0.00637. The number of hydrogen-bond donors (Lipinski definition) is 1. The van der Waals surface area contributed by atoms with E-state index in [0.29, 0.717) is 6.61 Å². The summed E-state index contributed by atoms with van der Waals surface area (Å²) in [6.07, 6.45) is 4.37. The molecule has 3 rings (SSSR count). The van der Waals surface area contributed by atoms with Crippen molar-refractivity contribution >= 4 is 16.7 Å². The highest BCUT2D eigenvalue weighted by Crippen LogP contribution is 2.26. The van der Waals surface area contributed by atoms with Crippen molar-refractivity contribution in [1.29, 1.82) is 0 Å². The maximum absolute atomic E-state index is 5.07. The van der Waals surface area contributed by atoms with E-state index in [1.165, 1.54) is 11.5 Å². The van der Waals surface area contributed by atoms with Crippen LogP contribution in [0.3, 0.4) is 0 Å². The van der Waals surface area contributed by atoms with Crippen LogP contribution < -0.4 is 5.32 Å². The SMILES string of the molecule is COCCc1nsc(NC(c2ccccc2)c2cccnc2)n1. The van der Waals surface area contributed by atoms with E-state index >= 15 is 0 Å². The third-order valence-corrected chi connectivity index (χ3v) is 4.10. The van der Waals surface area contributed by atoms with E-state index in [4.69, 9.17) is 4.74 Å². The number of hydrogen-bond acceptors (Lipinski definition) is 6. The molecule has 5 nitrogen and oxygen atoms in total. The fraction of sp³-hybridized carbons (Fsp3) is 0.235. The first kappa shape index (κ1) is 15.6. The van der Waals surface area contributed by atoms with Gasteiger partial charge in [0.15, 0.2) is 0 Å². The Kier molecular flexibility index (Phi) is 5.29. The molecule has 0 bridgehead atoms. The summed E-state index contributed by atoms with van der Waals surface area (Å²) in [4.78, 5) is 8.76. The van der Waals surface area contributed by atoms with Crippen LogP contribution in [0, 0.1) is 0 Å². The first-order chi connectivity index (χ1) is 11.4. The summed E-state index contributed by atoms with van der Waals surface area (Å²) in [6, 6.07) is 14.3. The molecular formula is C17H18N4OS. The minimum Gasteiger partial charge on any atom is -0.384 e. The van der Waals surface area contributed by atoms with Gasteiger partial charge in [0.05, 0.1) is 12.6 Å². The van der Waals surface area contributed by atoms with Gasteiger partial charge in [0.2, 0.25) is 5.13 Å². The van der Waals surface area contributed by atoms with Crippen molar-refractivity contribution < 1.29 is 4.74 Å². The second-order valence-corrected chi connectivity index (χ2v) is 5.78. The third-order valence-electron chi connectivity index (χ3n) is 3.42. The Morgan fingerprint density at radius 3 is 2.70 bits per heavy atom. The van der Waals surface area contributed by atoms with Gasteiger partial charge in [-0.25, -0.2) is 4.98 Å². The van der Waals surface area contributed by atoms with Gasteiger partial charge in [-0.2, -0.15) is 4.37 Å². The summed E-state index contributed by atoms with van der Waals surface area (Å²) in [5.74, 6) is 0.803. The Hall–Kier alpha value is -2.31. The highest BCUT2D eigenvalue weighted by Gasteiger charge is 2.16. The first-order valence-corrected chi connectivity index (χ1v) is 8.17. The molecule has 1 N–H and O–H groups in total. The molecule has 1 aromatic carbocycles. The van der Waals surface area contributed by atoms with E-state index in [9.17, 15) is 0 Å². The zero-order valence-electron chi connectivity index (χ0n) is 12.8. The average Bonchev–Trinajstić information content (AvgIpc) is 3.07. The van der Waals surface area contributed by atoms with Gasteiger partial charge in [0.1, 0.15) is 5.82 Å². The number of aromatic nitrogens is 3. The zero-order chi connectivity index (χ0) is 15.9. The van der Waals surface area contributed by atoms with Crippen molar-refractivity contribution in [2.45, 2.75) is 12.5 Å². The molecule has 0 aliphatic carbocycles. The predicted molar refractivity (Wildman–Crippen MR) is 91.6 cm³/mol. The van der Waals surface area contributed by atoms with Crippen LogP contribution in [-0.2, 0) is 11.2 Å². The molecule has 0 aliphatic rings. The maximum atomic E-state index is 5.07. The molecule has 0 radical (unpaired) electrons. The molecule has 1 unspecified atom stereocenters. The quantitative estimate of drug-likeness (QED) is 0.722. The number of benzene rings is 1. The average molecular weight is 326 g/mol. The summed E-state index contributed by atoms with van der Waals surface area (Å²) in [5.41, 5.74) is 2.25. The standard InChI is InChI=1S/C17H18N4OS/c1-22-11-9-15-19-17(23-21-15)20-16(13-6-3-2-4-7-13)14-8-5-10-18-12-14/h2-8,10,12,16H,9,11H2,1H3,(H,19,20,21). The number of rotatable bonds is 7. The van der Waals surface area contributed by atoms with Gasteiger partial charge in [-0.05, 0) is 17.2 Å². The Labute approximate surface area is 139 Å². The van der Waals surface area contributed by atoms with Gasteiger partial charge in [0.25, 0.3) is 0 Å². The van der Waals surface area contributed by atoms with Gasteiger partial charge >= 0.3 is 0 Å².